The third-order valence-corrected chi connectivity index (χ3v) is 14.8. The predicted molar refractivity (Wildman–Crippen MR) is 299 cm³/mol. The minimum absolute atomic E-state index is 0.107. The Hall–Kier alpha value is -7.60. The van der Waals surface area contributed by atoms with Crippen molar-refractivity contribution >= 4 is 52.1 Å². The zero-order valence-electron chi connectivity index (χ0n) is 43.7. The van der Waals surface area contributed by atoms with Crippen molar-refractivity contribution in [3.05, 3.63) is 183 Å². The second-order valence-corrected chi connectivity index (χ2v) is 19.9. The standard InChI is InChI=1S/C15H17NO2.C14H17NO3.C13H13NO2.C12H13N.C9H11N/c1-2-18-15(17)13-9-12-6-3-5-11-7-4-8-16(10-13)14(11)12;1-2-18-14(17)13(16)10-15-9-5-7-11-6-3-4-8-12(11)15;15-13(16)11-7-10-4-1-3-9-5-2-6-14(8-11)12(9)10;1-4-10-6-2-8-13-9-3-7-11(5-1)12(10)13;1-2-6-9-8(4-1)5-3-7-10-9/h3,5-6,10H,2,4,7-9H2,1H3;3-4,6,8H,2,5,7,9-10H2,1H3;1,3-4,8H,2,5-7H2,(H,15,16);1-2,4-5,8H,3,6-7,9H2;1-2,4,6,10H,3,5,7H2. The number of anilines is 5. The minimum atomic E-state index is -0.804. The van der Waals surface area contributed by atoms with E-state index in [1.54, 1.807) is 13.1 Å². The number of para-hydroxylation sites is 5. The first kappa shape index (κ1) is 52.3. The fraction of sp³-hybridized carbons (Fsp3) is 0.365. The van der Waals surface area contributed by atoms with E-state index in [-0.39, 0.29) is 19.1 Å². The lowest BCUT2D eigenvalue weighted by molar-refractivity contribution is -0.152. The summed E-state index contributed by atoms with van der Waals surface area (Å²) in [7, 11) is 0. The molecule has 2 N–H and O–H groups in total. The molecule has 0 atom stereocenters. The summed E-state index contributed by atoms with van der Waals surface area (Å²) >= 11 is 0. The van der Waals surface area contributed by atoms with Crippen LogP contribution in [-0.2, 0) is 80.0 Å². The number of hydrogen-bond donors (Lipinski definition) is 2. The van der Waals surface area contributed by atoms with Crippen molar-refractivity contribution in [2.45, 2.75) is 97.3 Å². The number of aliphatic carboxylic acids is 1. The Labute approximate surface area is 442 Å². The van der Waals surface area contributed by atoms with Gasteiger partial charge < -0.3 is 39.5 Å². The molecule has 0 amide bonds. The summed E-state index contributed by atoms with van der Waals surface area (Å²) in [4.78, 5) is 54.6. The van der Waals surface area contributed by atoms with Crippen LogP contribution in [0.2, 0.25) is 0 Å². The van der Waals surface area contributed by atoms with Gasteiger partial charge in [0.15, 0.2) is 0 Å². The van der Waals surface area contributed by atoms with Crippen molar-refractivity contribution in [2.24, 2.45) is 0 Å². The molecule has 0 unspecified atom stereocenters. The van der Waals surface area contributed by atoms with Crippen molar-refractivity contribution in [2.75, 3.05) is 77.4 Å². The third-order valence-electron chi connectivity index (χ3n) is 14.8. The number of Topliss-reactive ketones (excluding diaryl/α,β-unsaturated/α-hetero) is 1. The summed E-state index contributed by atoms with van der Waals surface area (Å²) in [6.07, 6.45) is 22.2. The van der Waals surface area contributed by atoms with Crippen LogP contribution in [0, 0.1) is 0 Å². The Bertz CT molecular complexity index is 2950. The van der Waals surface area contributed by atoms with Crippen LogP contribution >= 0.6 is 0 Å². The summed E-state index contributed by atoms with van der Waals surface area (Å²) in [5.41, 5.74) is 18.6. The molecule has 75 heavy (non-hydrogen) atoms. The fourth-order valence-corrected chi connectivity index (χ4v) is 11.5. The number of nitrogens with one attached hydrogen (secondary N) is 1. The number of ketones is 1. The number of hydrogen-bond acceptors (Lipinski definition) is 11. The molecule has 0 saturated heterocycles. The summed E-state index contributed by atoms with van der Waals surface area (Å²) in [6.45, 7) is 9.38. The average molecular weight is 1010 g/mol. The number of esters is 2. The summed E-state index contributed by atoms with van der Waals surface area (Å²) in [6, 6.07) is 35.8. The number of fused-ring (bicyclic) bond motifs is 2. The molecule has 8 aliphatic heterocycles. The van der Waals surface area contributed by atoms with E-state index in [0.717, 1.165) is 87.9 Å². The third kappa shape index (κ3) is 12.7. The molecule has 12 nitrogen and oxygen atoms in total. The predicted octanol–water partition coefficient (Wildman–Crippen LogP) is 10.5. The van der Waals surface area contributed by atoms with E-state index in [9.17, 15) is 19.2 Å². The number of allylic oxidation sites excluding steroid dienone is 1. The van der Waals surface area contributed by atoms with Crippen molar-refractivity contribution in [3.63, 3.8) is 0 Å². The van der Waals surface area contributed by atoms with Crippen LogP contribution < -0.4 is 24.9 Å². The number of carbonyl (C=O) groups is 4. The van der Waals surface area contributed by atoms with E-state index in [4.69, 9.17) is 14.6 Å². The smallest absolute Gasteiger partial charge is 0.376 e. The van der Waals surface area contributed by atoms with E-state index < -0.39 is 17.7 Å². The largest absolute Gasteiger partial charge is 0.478 e. The van der Waals surface area contributed by atoms with Gasteiger partial charge in [0.25, 0.3) is 5.78 Å². The van der Waals surface area contributed by atoms with Gasteiger partial charge >= 0.3 is 17.9 Å². The second-order valence-electron chi connectivity index (χ2n) is 19.9. The SMILES string of the molecule is C1=CN2CCCc3cccc(c32)C1.CCOC(=O)C(=O)CN1CCCc2ccccc21.CCOC(=O)C1=CN2CCCc3cccc(c32)C1.O=C(O)C1=CN2CCCc3cccc(c32)C1.c1ccc2c(c1)CCCN2. The molecule has 0 fully saturated rings. The molecule has 8 heterocycles. The van der Waals surface area contributed by atoms with Gasteiger partial charge in [0.2, 0.25) is 0 Å². The first-order valence-electron chi connectivity index (χ1n) is 27.1. The number of carboxylic acid groups (broad SMARTS) is 1. The lowest BCUT2D eigenvalue weighted by Crippen LogP contribution is -2.37. The molecular weight excluding hydrogens is 939 g/mol. The van der Waals surface area contributed by atoms with Gasteiger partial charge in [-0.05, 0) is 141 Å². The average Bonchev–Trinajstić information content (AvgIpc) is 3.44. The highest BCUT2D eigenvalue weighted by atomic mass is 16.5. The molecule has 12 heteroatoms. The van der Waals surface area contributed by atoms with Crippen LogP contribution in [0.15, 0.2) is 139 Å². The number of benzene rings is 5. The highest BCUT2D eigenvalue weighted by Gasteiger charge is 2.28. The Morgan fingerprint density at radius 3 is 1.68 bits per heavy atom. The van der Waals surface area contributed by atoms with E-state index in [0.29, 0.717) is 25.0 Å². The van der Waals surface area contributed by atoms with Gasteiger partial charge in [-0.25, -0.2) is 14.4 Å². The van der Waals surface area contributed by atoms with Gasteiger partial charge in [-0.2, -0.15) is 0 Å². The quantitative estimate of drug-likeness (QED) is 0.119. The molecule has 8 aliphatic rings. The fourth-order valence-electron chi connectivity index (χ4n) is 11.5. The molecule has 390 valence electrons. The van der Waals surface area contributed by atoms with Crippen LogP contribution in [0.25, 0.3) is 0 Å². The van der Waals surface area contributed by atoms with E-state index in [1.807, 2.05) is 48.4 Å². The zero-order valence-corrected chi connectivity index (χ0v) is 43.7. The molecule has 0 aromatic heterocycles. The molecular formula is C63H71N5O7. The lowest BCUT2D eigenvalue weighted by atomic mass is 9.91. The van der Waals surface area contributed by atoms with Crippen LogP contribution in [0.5, 0.6) is 0 Å². The van der Waals surface area contributed by atoms with Crippen molar-refractivity contribution < 1.29 is 33.8 Å². The van der Waals surface area contributed by atoms with Crippen LogP contribution in [0.3, 0.4) is 0 Å². The number of aryl methyl sites for hydroxylation is 5. The Morgan fingerprint density at radius 1 is 0.533 bits per heavy atom. The first-order chi connectivity index (χ1) is 36.7. The maximum absolute atomic E-state index is 11.9. The molecule has 0 radical (unpaired) electrons. The van der Waals surface area contributed by atoms with E-state index in [1.165, 1.54) is 93.9 Å². The Kier molecular flexibility index (Phi) is 17.5. The molecule has 0 bridgehead atoms. The summed E-state index contributed by atoms with van der Waals surface area (Å²) in [5, 5.41) is 12.4. The minimum Gasteiger partial charge on any atom is -0.478 e. The maximum atomic E-state index is 11.9. The molecule has 5 aromatic rings. The summed E-state index contributed by atoms with van der Waals surface area (Å²) in [5.74, 6) is -2.20. The van der Waals surface area contributed by atoms with Crippen molar-refractivity contribution in [1.29, 1.82) is 0 Å². The van der Waals surface area contributed by atoms with E-state index in [2.05, 4.69) is 105 Å². The van der Waals surface area contributed by atoms with Gasteiger partial charge in [0.05, 0.1) is 30.9 Å². The molecule has 0 aliphatic carbocycles. The van der Waals surface area contributed by atoms with Gasteiger partial charge in [0, 0.05) is 92.6 Å². The van der Waals surface area contributed by atoms with Crippen molar-refractivity contribution in [1.82, 2.24) is 0 Å². The zero-order chi connectivity index (χ0) is 52.1. The molecule has 13 rings (SSSR count). The second kappa shape index (κ2) is 25.1. The number of carboxylic acids is 1. The number of ether oxygens (including phenoxy) is 2. The van der Waals surface area contributed by atoms with Gasteiger partial charge in [-0.1, -0.05) is 97.1 Å². The van der Waals surface area contributed by atoms with E-state index >= 15 is 0 Å². The van der Waals surface area contributed by atoms with Crippen LogP contribution in [0.4, 0.5) is 28.4 Å². The van der Waals surface area contributed by atoms with Gasteiger partial charge in [0.1, 0.15) is 0 Å². The topological polar surface area (TPSA) is 132 Å². The number of nitrogens with zero attached hydrogens (tertiary/aromatic N) is 4. The lowest BCUT2D eigenvalue weighted by Gasteiger charge is -2.34. The maximum Gasteiger partial charge on any atom is 0.376 e. The van der Waals surface area contributed by atoms with Crippen LogP contribution in [-0.4, -0.2) is 81.3 Å². The highest BCUT2D eigenvalue weighted by molar-refractivity contribution is 6.35. The first-order valence-corrected chi connectivity index (χ1v) is 27.1. The van der Waals surface area contributed by atoms with Crippen LogP contribution in [0.1, 0.15) is 90.5 Å². The molecule has 0 saturated carbocycles. The molecule has 5 aromatic carbocycles. The number of carbonyl (C=O) groups excluding carboxylic acids is 3. The Balaban J connectivity index is 0.000000116. The monoisotopic (exact) mass is 1010 g/mol. The molecule has 0 spiro atoms. The Morgan fingerprint density at radius 2 is 1.04 bits per heavy atom. The highest BCUT2D eigenvalue weighted by Crippen LogP contribution is 2.38. The van der Waals surface area contributed by atoms with Gasteiger partial charge in [-0.15, -0.1) is 0 Å². The number of rotatable bonds is 7. The van der Waals surface area contributed by atoms with Gasteiger partial charge in [-0.3, -0.25) is 4.79 Å². The van der Waals surface area contributed by atoms with Crippen molar-refractivity contribution in [3.8, 4) is 0 Å². The summed E-state index contributed by atoms with van der Waals surface area (Å²) < 4.78 is 9.82. The normalized spacial score (nSPS) is 16.5.